The number of imidazole rings is 1. The van der Waals surface area contributed by atoms with Gasteiger partial charge in [-0.2, -0.15) is 0 Å². The first kappa shape index (κ1) is 23.1. The molecule has 0 radical (unpaired) electrons. The third-order valence-electron chi connectivity index (χ3n) is 7.42. The fraction of sp³-hybridized carbons (Fsp3) is 0.577. The zero-order valence-corrected chi connectivity index (χ0v) is 19.8. The second kappa shape index (κ2) is 10.3. The molecule has 2 aromatic rings. The van der Waals surface area contributed by atoms with Gasteiger partial charge in [-0.15, -0.1) is 0 Å². The molecule has 34 heavy (non-hydrogen) atoms. The molecule has 0 bridgehead atoms. The van der Waals surface area contributed by atoms with Crippen molar-refractivity contribution in [2.24, 2.45) is 5.92 Å². The predicted octanol–water partition coefficient (Wildman–Crippen LogP) is 1.61. The van der Waals surface area contributed by atoms with Crippen molar-refractivity contribution in [1.29, 1.82) is 0 Å². The van der Waals surface area contributed by atoms with Crippen molar-refractivity contribution in [1.82, 2.24) is 24.7 Å². The molecule has 8 heteroatoms. The number of carbonyl (C=O) groups excluding carboxylic acids is 2. The van der Waals surface area contributed by atoms with E-state index in [1.165, 1.54) is 17.5 Å². The van der Waals surface area contributed by atoms with Gasteiger partial charge in [0.05, 0.1) is 12.0 Å². The van der Waals surface area contributed by atoms with Gasteiger partial charge in [0, 0.05) is 58.4 Å². The molecule has 8 nitrogen and oxygen atoms in total. The number of nitrogens with zero attached hydrogens (tertiary/aromatic N) is 4. The highest BCUT2D eigenvalue weighted by atomic mass is 16.3. The molecule has 2 atom stereocenters. The first-order valence-electron chi connectivity index (χ1n) is 12.7. The fourth-order valence-corrected chi connectivity index (χ4v) is 5.50. The number of amides is 2. The standard InChI is InChI=1S/C26H35N5O3/c32-22(17-29-13-10-19-6-2-3-7-20(19)15-29)14-27-25(33)23-18-31-16-21(8-9-24(31)28-23)26(34)30-11-4-1-5-12-30/h2-3,6-7,18,21-22,32H,1,4-5,8-17H2,(H,27,33)/t21?,22-/m0/s1. The molecule has 0 spiro atoms. The van der Waals surface area contributed by atoms with Gasteiger partial charge < -0.3 is 19.9 Å². The Morgan fingerprint density at radius 3 is 2.71 bits per heavy atom. The van der Waals surface area contributed by atoms with Gasteiger partial charge in [-0.3, -0.25) is 14.5 Å². The van der Waals surface area contributed by atoms with Crippen LogP contribution in [0, 0.1) is 5.92 Å². The number of nitrogens with one attached hydrogen (secondary N) is 1. The molecule has 1 unspecified atom stereocenters. The number of aryl methyl sites for hydroxylation is 1. The summed E-state index contributed by atoms with van der Waals surface area (Å²) in [4.78, 5) is 34.3. The van der Waals surface area contributed by atoms with Gasteiger partial charge in [-0.25, -0.2) is 4.98 Å². The van der Waals surface area contributed by atoms with Crippen LogP contribution in [0.1, 0.15) is 53.1 Å². The molecule has 5 rings (SSSR count). The fourth-order valence-electron chi connectivity index (χ4n) is 5.50. The van der Waals surface area contributed by atoms with Crippen molar-refractivity contribution in [3.05, 3.63) is 53.1 Å². The van der Waals surface area contributed by atoms with E-state index in [1.54, 1.807) is 6.20 Å². The lowest BCUT2D eigenvalue weighted by Crippen LogP contribution is -2.42. The number of β-amino-alcohol motifs (C(OH)–C–C–N with tert-alkyl or cyclic N) is 1. The van der Waals surface area contributed by atoms with E-state index in [-0.39, 0.29) is 24.3 Å². The van der Waals surface area contributed by atoms with Crippen molar-refractivity contribution < 1.29 is 14.7 Å². The Morgan fingerprint density at radius 2 is 1.88 bits per heavy atom. The molecular weight excluding hydrogens is 430 g/mol. The van der Waals surface area contributed by atoms with E-state index in [0.29, 0.717) is 25.2 Å². The van der Waals surface area contributed by atoms with E-state index in [9.17, 15) is 14.7 Å². The van der Waals surface area contributed by atoms with Crippen LogP contribution in [-0.4, -0.2) is 75.1 Å². The number of likely N-dealkylation sites (tertiary alicyclic amines) is 1. The van der Waals surface area contributed by atoms with Crippen LogP contribution in [0.25, 0.3) is 0 Å². The molecule has 4 heterocycles. The highest BCUT2D eigenvalue weighted by molar-refractivity contribution is 5.92. The number of aliphatic hydroxyl groups excluding tert-OH is 1. The summed E-state index contributed by atoms with van der Waals surface area (Å²) in [5.74, 6) is 0.796. The van der Waals surface area contributed by atoms with E-state index >= 15 is 0 Å². The minimum absolute atomic E-state index is 0.0350. The van der Waals surface area contributed by atoms with Crippen molar-refractivity contribution in [2.45, 2.75) is 57.7 Å². The third kappa shape index (κ3) is 5.18. The average Bonchev–Trinajstić information content (AvgIpc) is 3.31. The smallest absolute Gasteiger partial charge is 0.271 e. The highest BCUT2D eigenvalue weighted by Crippen LogP contribution is 2.24. The van der Waals surface area contributed by atoms with Crippen LogP contribution >= 0.6 is 0 Å². The number of hydrogen-bond acceptors (Lipinski definition) is 5. The Hall–Kier alpha value is -2.71. The van der Waals surface area contributed by atoms with Crippen molar-refractivity contribution in [2.75, 3.05) is 32.7 Å². The minimum Gasteiger partial charge on any atom is -0.390 e. The molecule has 1 fully saturated rings. The maximum Gasteiger partial charge on any atom is 0.271 e. The van der Waals surface area contributed by atoms with E-state index in [1.807, 2.05) is 9.47 Å². The number of piperidine rings is 1. The molecule has 1 aromatic heterocycles. The highest BCUT2D eigenvalue weighted by Gasteiger charge is 2.30. The lowest BCUT2D eigenvalue weighted by molar-refractivity contribution is -0.137. The van der Waals surface area contributed by atoms with Gasteiger partial charge in [0.2, 0.25) is 5.91 Å². The zero-order valence-electron chi connectivity index (χ0n) is 19.8. The molecule has 3 aliphatic heterocycles. The van der Waals surface area contributed by atoms with Gasteiger partial charge in [-0.05, 0) is 43.2 Å². The molecule has 0 aliphatic carbocycles. The Kier molecular flexibility index (Phi) is 6.97. The van der Waals surface area contributed by atoms with Crippen molar-refractivity contribution >= 4 is 11.8 Å². The van der Waals surface area contributed by atoms with Crippen LogP contribution in [0.15, 0.2) is 30.5 Å². The van der Waals surface area contributed by atoms with Crippen LogP contribution < -0.4 is 5.32 Å². The summed E-state index contributed by atoms with van der Waals surface area (Å²) in [5.41, 5.74) is 3.05. The third-order valence-corrected chi connectivity index (χ3v) is 7.42. The van der Waals surface area contributed by atoms with Crippen LogP contribution in [0.4, 0.5) is 0 Å². The van der Waals surface area contributed by atoms with Gasteiger partial charge in [0.15, 0.2) is 0 Å². The Bertz CT molecular complexity index is 1030. The molecule has 3 aliphatic rings. The predicted molar refractivity (Wildman–Crippen MR) is 128 cm³/mol. The number of benzene rings is 1. The summed E-state index contributed by atoms with van der Waals surface area (Å²) >= 11 is 0. The first-order chi connectivity index (χ1) is 16.6. The molecule has 1 saturated heterocycles. The topological polar surface area (TPSA) is 90.7 Å². The summed E-state index contributed by atoms with van der Waals surface area (Å²) < 4.78 is 1.96. The number of carbonyl (C=O) groups is 2. The molecule has 1 aromatic carbocycles. The zero-order chi connectivity index (χ0) is 23.5. The Morgan fingerprint density at radius 1 is 1.09 bits per heavy atom. The van der Waals surface area contributed by atoms with Gasteiger partial charge in [-0.1, -0.05) is 24.3 Å². The number of rotatable bonds is 6. The van der Waals surface area contributed by atoms with Crippen LogP contribution in [-0.2, 0) is 30.7 Å². The first-order valence-corrected chi connectivity index (χ1v) is 12.7. The second-order valence-electron chi connectivity index (χ2n) is 9.93. The summed E-state index contributed by atoms with van der Waals surface area (Å²) in [7, 11) is 0. The maximum atomic E-state index is 12.9. The lowest BCUT2D eigenvalue weighted by Gasteiger charge is -2.32. The summed E-state index contributed by atoms with van der Waals surface area (Å²) in [6, 6.07) is 8.43. The average molecular weight is 466 g/mol. The van der Waals surface area contributed by atoms with E-state index < -0.39 is 6.10 Å². The minimum atomic E-state index is -0.641. The van der Waals surface area contributed by atoms with Crippen LogP contribution in [0.2, 0.25) is 0 Å². The number of aromatic nitrogens is 2. The van der Waals surface area contributed by atoms with E-state index in [2.05, 4.69) is 39.5 Å². The molecule has 2 amide bonds. The van der Waals surface area contributed by atoms with E-state index in [4.69, 9.17) is 0 Å². The number of fused-ring (bicyclic) bond motifs is 2. The molecular formula is C26H35N5O3. The van der Waals surface area contributed by atoms with Crippen LogP contribution in [0.3, 0.4) is 0 Å². The maximum absolute atomic E-state index is 12.9. The number of aliphatic hydroxyl groups is 1. The van der Waals surface area contributed by atoms with Gasteiger partial charge in [0.25, 0.3) is 5.91 Å². The molecule has 2 N–H and O–H groups in total. The molecule has 0 saturated carbocycles. The Balaban J connectivity index is 1.11. The quantitative estimate of drug-likeness (QED) is 0.677. The SMILES string of the molecule is O=C(NC[C@H](O)CN1CCc2ccccc2C1)c1cn2c(n1)CCC(C(=O)N1CCCCC1)C2. The van der Waals surface area contributed by atoms with Gasteiger partial charge in [0.1, 0.15) is 11.5 Å². The summed E-state index contributed by atoms with van der Waals surface area (Å²) in [6.07, 6.45) is 6.98. The van der Waals surface area contributed by atoms with Crippen LogP contribution in [0.5, 0.6) is 0 Å². The summed E-state index contributed by atoms with van der Waals surface area (Å²) in [5, 5.41) is 13.3. The Labute approximate surface area is 201 Å². The van der Waals surface area contributed by atoms with Crippen molar-refractivity contribution in [3.8, 4) is 0 Å². The molecule has 182 valence electrons. The van der Waals surface area contributed by atoms with Gasteiger partial charge >= 0.3 is 0 Å². The second-order valence-corrected chi connectivity index (χ2v) is 9.93. The lowest BCUT2D eigenvalue weighted by atomic mass is 9.97. The monoisotopic (exact) mass is 465 g/mol. The number of hydrogen-bond donors (Lipinski definition) is 2. The summed E-state index contributed by atoms with van der Waals surface area (Å²) in [6.45, 7) is 4.77. The normalized spacial score (nSPS) is 21.4. The largest absolute Gasteiger partial charge is 0.390 e. The van der Waals surface area contributed by atoms with Crippen molar-refractivity contribution in [3.63, 3.8) is 0 Å². The van der Waals surface area contributed by atoms with E-state index in [0.717, 1.165) is 57.7 Å².